The van der Waals surface area contributed by atoms with Gasteiger partial charge in [-0.3, -0.25) is 0 Å². The number of para-hydroxylation sites is 1. The monoisotopic (exact) mass is 260 g/mol. The standard InChI is InChI=1S/C14H13ClN2O/c1-9-12(15)16-13(10-7-8-10)17-14(9)18-11-5-3-2-4-6-11/h2-6,10H,7-8H2,1H3. The van der Waals surface area contributed by atoms with Crippen molar-refractivity contribution in [2.45, 2.75) is 25.7 Å². The van der Waals surface area contributed by atoms with Crippen molar-refractivity contribution in [1.29, 1.82) is 0 Å². The zero-order valence-electron chi connectivity index (χ0n) is 10.1. The van der Waals surface area contributed by atoms with E-state index in [1.165, 1.54) is 0 Å². The van der Waals surface area contributed by atoms with Gasteiger partial charge in [-0.1, -0.05) is 29.8 Å². The minimum atomic E-state index is 0.459. The first-order chi connectivity index (χ1) is 8.74. The van der Waals surface area contributed by atoms with Crippen LogP contribution in [0, 0.1) is 6.92 Å². The normalized spacial score (nSPS) is 14.6. The summed E-state index contributed by atoms with van der Waals surface area (Å²) in [6.45, 7) is 1.87. The number of nitrogens with zero attached hydrogens (tertiary/aromatic N) is 2. The molecule has 3 nitrogen and oxygen atoms in total. The first-order valence-corrected chi connectivity index (χ1v) is 6.39. The molecule has 1 saturated carbocycles. The molecule has 1 aromatic heterocycles. The van der Waals surface area contributed by atoms with Gasteiger partial charge in [-0.05, 0) is 31.9 Å². The first-order valence-electron chi connectivity index (χ1n) is 6.01. The second-order valence-corrected chi connectivity index (χ2v) is 4.85. The van der Waals surface area contributed by atoms with Crippen molar-refractivity contribution in [2.75, 3.05) is 0 Å². The van der Waals surface area contributed by atoms with Gasteiger partial charge < -0.3 is 4.74 Å². The molecule has 0 amide bonds. The third-order valence-corrected chi connectivity index (χ3v) is 3.33. The van der Waals surface area contributed by atoms with E-state index in [9.17, 15) is 0 Å². The zero-order valence-corrected chi connectivity index (χ0v) is 10.8. The topological polar surface area (TPSA) is 35.0 Å². The summed E-state index contributed by atoms with van der Waals surface area (Å²) in [5.74, 6) is 2.58. The van der Waals surface area contributed by atoms with Gasteiger partial charge in [0.2, 0.25) is 5.88 Å². The van der Waals surface area contributed by atoms with E-state index in [0.717, 1.165) is 30.0 Å². The highest BCUT2D eigenvalue weighted by atomic mass is 35.5. The number of rotatable bonds is 3. The van der Waals surface area contributed by atoms with Crippen molar-refractivity contribution in [2.24, 2.45) is 0 Å². The largest absolute Gasteiger partial charge is 0.439 e. The summed E-state index contributed by atoms with van der Waals surface area (Å²) < 4.78 is 5.77. The summed E-state index contributed by atoms with van der Waals surface area (Å²) in [4.78, 5) is 8.78. The molecule has 1 aliphatic carbocycles. The molecule has 0 spiro atoms. The van der Waals surface area contributed by atoms with Crippen LogP contribution in [0.1, 0.15) is 30.1 Å². The molecule has 4 heteroatoms. The molecule has 18 heavy (non-hydrogen) atoms. The lowest BCUT2D eigenvalue weighted by molar-refractivity contribution is 0.454. The number of hydrogen-bond acceptors (Lipinski definition) is 3. The third-order valence-electron chi connectivity index (χ3n) is 2.96. The van der Waals surface area contributed by atoms with Crippen LogP contribution in [0.2, 0.25) is 5.15 Å². The van der Waals surface area contributed by atoms with Crippen molar-refractivity contribution in [1.82, 2.24) is 9.97 Å². The number of hydrogen-bond donors (Lipinski definition) is 0. The number of ether oxygens (including phenoxy) is 1. The summed E-state index contributed by atoms with van der Waals surface area (Å²) in [5.41, 5.74) is 0.782. The zero-order chi connectivity index (χ0) is 12.5. The highest BCUT2D eigenvalue weighted by molar-refractivity contribution is 6.30. The Balaban J connectivity index is 1.95. The quantitative estimate of drug-likeness (QED) is 0.779. The third kappa shape index (κ3) is 2.31. The Labute approximate surface area is 111 Å². The summed E-state index contributed by atoms with van der Waals surface area (Å²) in [6, 6.07) is 9.59. The van der Waals surface area contributed by atoms with Crippen molar-refractivity contribution >= 4 is 11.6 Å². The Bertz CT molecular complexity index is 568. The SMILES string of the molecule is Cc1c(Cl)nc(C2CC2)nc1Oc1ccccc1. The fraction of sp³-hybridized carbons (Fsp3) is 0.286. The van der Waals surface area contributed by atoms with Gasteiger partial charge in [-0.15, -0.1) is 0 Å². The Morgan fingerprint density at radius 3 is 2.56 bits per heavy atom. The van der Waals surface area contributed by atoms with Crippen LogP contribution in [0.4, 0.5) is 0 Å². The van der Waals surface area contributed by atoms with Crippen molar-refractivity contribution in [3.8, 4) is 11.6 Å². The maximum Gasteiger partial charge on any atom is 0.226 e. The molecule has 1 heterocycles. The fourth-order valence-corrected chi connectivity index (χ4v) is 1.88. The molecule has 0 radical (unpaired) electrons. The molecule has 1 fully saturated rings. The smallest absolute Gasteiger partial charge is 0.226 e. The second kappa shape index (κ2) is 4.58. The molecule has 0 bridgehead atoms. The Morgan fingerprint density at radius 2 is 1.89 bits per heavy atom. The molecule has 0 saturated heterocycles. The van der Waals surface area contributed by atoms with E-state index in [2.05, 4.69) is 9.97 Å². The number of aromatic nitrogens is 2. The summed E-state index contributed by atoms with van der Waals surface area (Å²) in [5, 5.41) is 0.484. The molecule has 0 aliphatic heterocycles. The number of benzene rings is 1. The van der Waals surface area contributed by atoms with Crippen LogP contribution < -0.4 is 4.74 Å². The minimum absolute atomic E-state index is 0.459. The predicted molar refractivity (Wildman–Crippen MR) is 70.3 cm³/mol. The highest BCUT2D eigenvalue weighted by Gasteiger charge is 2.28. The molecule has 3 rings (SSSR count). The van der Waals surface area contributed by atoms with E-state index >= 15 is 0 Å². The molecule has 92 valence electrons. The molecule has 0 N–H and O–H groups in total. The van der Waals surface area contributed by atoms with Gasteiger partial charge in [0, 0.05) is 11.5 Å². The van der Waals surface area contributed by atoms with E-state index in [0.29, 0.717) is 17.0 Å². The summed E-state index contributed by atoms with van der Waals surface area (Å²) >= 11 is 6.13. The Kier molecular flexibility index (Phi) is 2.92. The van der Waals surface area contributed by atoms with Crippen molar-refractivity contribution in [3.05, 3.63) is 46.9 Å². The maximum atomic E-state index is 6.13. The average molecular weight is 261 g/mol. The van der Waals surface area contributed by atoms with Crippen LogP contribution in [0.25, 0.3) is 0 Å². The molecule has 1 aliphatic rings. The van der Waals surface area contributed by atoms with E-state index in [1.807, 2.05) is 37.3 Å². The van der Waals surface area contributed by atoms with E-state index < -0.39 is 0 Å². The minimum Gasteiger partial charge on any atom is -0.439 e. The lowest BCUT2D eigenvalue weighted by atomic mass is 10.3. The lowest BCUT2D eigenvalue weighted by Gasteiger charge is -2.10. The van der Waals surface area contributed by atoms with Gasteiger partial charge in [0.25, 0.3) is 0 Å². The lowest BCUT2D eigenvalue weighted by Crippen LogP contribution is -1.99. The summed E-state index contributed by atoms with van der Waals surface area (Å²) in [7, 11) is 0. The van der Waals surface area contributed by atoms with Crippen LogP contribution in [0.15, 0.2) is 30.3 Å². The predicted octanol–water partition coefficient (Wildman–Crippen LogP) is 4.11. The second-order valence-electron chi connectivity index (χ2n) is 4.49. The maximum absolute atomic E-state index is 6.13. The van der Waals surface area contributed by atoms with E-state index in [1.54, 1.807) is 0 Å². The average Bonchev–Trinajstić information content (AvgIpc) is 3.20. The van der Waals surface area contributed by atoms with Gasteiger partial charge in [0.05, 0.1) is 0 Å². The van der Waals surface area contributed by atoms with Gasteiger partial charge in [-0.25, -0.2) is 4.98 Å². The molecule has 1 aromatic carbocycles. The van der Waals surface area contributed by atoms with Gasteiger partial charge in [0.1, 0.15) is 16.7 Å². The fourth-order valence-electron chi connectivity index (χ4n) is 1.71. The number of halogens is 1. The van der Waals surface area contributed by atoms with E-state index in [4.69, 9.17) is 16.3 Å². The van der Waals surface area contributed by atoms with Crippen LogP contribution in [0.5, 0.6) is 11.6 Å². The molecular weight excluding hydrogens is 248 g/mol. The van der Waals surface area contributed by atoms with Crippen molar-refractivity contribution < 1.29 is 4.74 Å². The molecule has 0 atom stereocenters. The molecule has 0 unspecified atom stereocenters. The van der Waals surface area contributed by atoms with Crippen LogP contribution in [-0.4, -0.2) is 9.97 Å². The molecule has 2 aromatic rings. The van der Waals surface area contributed by atoms with Gasteiger partial charge >= 0.3 is 0 Å². The van der Waals surface area contributed by atoms with Crippen LogP contribution in [-0.2, 0) is 0 Å². The Hall–Kier alpha value is -1.61. The van der Waals surface area contributed by atoms with Gasteiger partial charge in [0.15, 0.2) is 0 Å². The summed E-state index contributed by atoms with van der Waals surface area (Å²) in [6.07, 6.45) is 2.29. The first kappa shape index (κ1) is 11.5. The van der Waals surface area contributed by atoms with E-state index in [-0.39, 0.29) is 0 Å². The van der Waals surface area contributed by atoms with Crippen LogP contribution >= 0.6 is 11.6 Å². The molecular formula is C14H13ClN2O. The van der Waals surface area contributed by atoms with Crippen molar-refractivity contribution in [3.63, 3.8) is 0 Å². The highest BCUT2D eigenvalue weighted by Crippen LogP contribution is 2.40. The Morgan fingerprint density at radius 1 is 1.17 bits per heavy atom. The van der Waals surface area contributed by atoms with Crippen LogP contribution in [0.3, 0.4) is 0 Å². The van der Waals surface area contributed by atoms with Gasteiger partial charge in [-0.2, -0.15) is 4.98 Å².